The van der Waals surface area contributed by atoms with Gasteiger partial charge >= 0.3 is 29.6 Å². The molecule has 420 valence electrons. The summed E-state index contributed by atoms with van der Waals surface area (Å²) in [7, 11) is 2.42. The minimum atomic E-state index is -1.27. The molecule has 0 aliphatic heterocycles. The Kier molecular flexibility index (Phi) is 21.3. The molecule has 0 fully saturated rings. The smallest absolute Gasteiger partial charge is 0.412 e. The van der Waals surface area contributed by atoms with Gasteiger partial charge in [0, 0.05) is 55.1 Å². The van der Waals surface area contributed by atoms with Gasteiger partial charge in [0.25, 0.3) is 22.2 Å². The van der Waals surface area contributed by atoms with Crippen LogP contribution in [0.15, 0.2) is 204 Å². The number of aromatic nitrogens is 9. The second-order valence-electron chi connectivity index (χ2n) is 16.0. The van der Waals surface area contributed by atoms with Crippen molar-refractivity contribution >= 4 is 41.2 Å². The average Bonchev–Trinajstić information content (AvgIpc) is 4.34. The molecule has 31 nitrogen and oxygen atoms in total. The third kappa shape index (κ3) is 17.3. The molecule has 0 aliphatic rings. The van der Waals surface area contributed by atoms with Crippen molar-refractivity contribution in [3.8, 4) is 23.3 Å². The lowest BCUT2D eigenvalue weighted by atomic mass is 10.2. The molecule has 0 bridgehead atoms. The largest absolute Gasteiger partial charge is 0.477 e. The van der Waals surface area contributed by atoms with E-state index in [-0.39, 0.29) is 39.4 Å². The van der Waals surface area contributed by atoms with Gasteiger partial charge in [0.1, 0.15) is 59.3 Å². The van der Waals surface area contributed by atoms with Gasteiger partial charge in [0.2, 0.25) is 0 Å². The van der Waals surface area contributed by atoms with Crippen LogP contribution in [0.1, 0.15) is 51.8 Å². The molecular formula is C50H46N12O19. The number of aromatic carboxylic acids is 1. The van der Waals surface area contributed by atoms with Gasteiger partial charge in [0.15, 0.2) is 29.1 Å². The number of esters is 2. The van der Waals surface area contributed by atoms with E-state index in [0.29, 0.717) is 23.3 Å². The quantitative estimate of drug-likeness (QED) is 0.121. The number of nitrogens with one attached hydrogen (secondary N) is 1. The number of methoxy groups -OCH3 is 2. The molecule has 0 spiro atoms. The van der Waals surface area contributed by atoms with Crippen LogP contribution in [0.5, 0.6) is 0 Å². The molecule has 0 saturated carbocycles. The zero-order chi connectivity index (χ0) is 59.1. The van der Waals surface area contributed by atoms with Crippen molar-refractivity contribution in [2.75, 3.05) is 31.0 Å². The third-order valence-electron chi connectivity index (χ3n) is 9.37. The number of hydrogen-bond donors (Lipinski definition) is 4. The molecular weight excluding hydrogens is 1070 g/mol. The predicted octanol–water partition coefficient (Wildman–Crippen LogP) is 4.40. The zero-order valence-electron chi connectivity index (χ0n) is 42.9. The highest BCUT2D eigenvalue weighted by atomic mass is 16.6. The number of nitrogens with two attached hydrogens (primary N) is 2. The van der Waals surface area contributed by atoms with Crippen LogP contribution < -0.4 is 44.6 Å². The standard InChI is InChI=1S/C13H15N3O4.C10H8N2O4.C9H6N2O4.C8H7N3O2.C7H6O4.C3H4N2O/c1-13(2,3)20-12(18)14-9-5-4-7-16(11(9)17)10-6-8-19-15-10;1-15-10(14)7-3-2-5-12(9(7)13)8-4-6-16-11-8;12-8-6(9(13)14)2-1-4-11(8)7-3-5-15-10-7;9-6-2-1-4-11(8(6)12)7-3-5-13-10-7;1-10-6(8)5-3-2-4-11-7(5)9;4-3-1-2-6-5-3/h4-8H,1-3H3,(H,14,18);2-6H,1H3;1-5H,(H,13,14);1-5H,9H2;2-4H,1H3;1-2H,(H2,4,5). The minimum absolute atomic E-state index is 0.0481. The van der Waals surface area contributed by atoms with Gasteiger partial charge in [-0.1, -0.05) is 25.8 Å². The predicted molar refractivity (Wildman–Crippen MR) is 278 cm³/mol. The number of hydrogen-bond acceptors (Lipinski definition) is 25. The summed E-state index contributed by atoms with van der Waals surface area (Å²) in [5, 5.41) is 28.9. The van der Waals surface area contributed by atoms with Crippen LogP contribution in [0.3, 0.4) is 0 Å². The van der Waals surface area contributed by atoms with Crippen LogP contribution in [0.4, 0.5) is 22.0 Å². The molecule has 0 saturated heterocycles. The lowest BCUT2D eigenvalue weighted by Gasteiger charge is -2.19. The maximum absolute atomic E-state index is 12.2. The van der Waals surface area contributed by atoms with Crippen molar-refractivity contribution in [2.45, 2.75) is 26.4 Å². The molecule has 0 radical (unpaired) electrons. The summed E-state index contributed by atoms with van der Waals surface area (Å²) in [4.78, 5) is 102. The van der Waals surface area contributed by atoms with E-state index in [0.717, 1.165) is 4.57 Å². The van der Waals surface area contributed by atoms with E-state index in [1.807, 2.05) is 0 Å². The first-order valence-corrected chi connectivity index (χ1v) is 22.6. The number of carbonyl (C=O) groups is 4. The van der Waals surface area contributed by atoms with Crippen molar-refractivity contribution in [2.24, 2.45) is 0 Å². The second-order valence-corrected chi connectivity index (χ2v) is 16.0. The Morgan fingerprint density at radius 3 is 1.32 bits per heavy atom. The maximum Gasteiger partial charge on any atom is 0.412 e. The molecule has 81 heavy (non-hydrogen) atoms. The Balaban J connectivity index is 0.000000183. The van der Waals surface area contributed by atoms with Gasteiger partial charge < -0.3 is 57.8 Å². The summed E-state index contributed by atoms with van der Waals surface area (Å²) < 4.78 is 46.1. The van der Waals surface area contributed by atoms with Gasteiger partial charge in [-0.15, -0.1) is 0 Å². The monoisotopic (exact) mass is 1120 g/mol. The molecule has 0 aliphatic carbocycles. The van der Waals surface area contributed by atoms with Crippen LogP contribution in [0.2, 0.25) is 0 Å². The van der Waals surface area contributed by atoms with Crippen LogP contribution >= 0.6 is 0 Å². The summed E-state index contributed by atoms with van der Waals surface area (Å²) >= 11 is 0. The van der Waals surface area contributed by atoms with Crippen molar-refractivity contribution in [3.05, 3.63) is 222 Å². The third-order valence-corrected chi connectivity index (χ3v) is 9.37. The first-order valence-electron chi connectivity index (χ1n) is 22.6. The lowest BCUT2D eigenvalue weighted by molar-refractivity contribution is 0.0587. The van der Waals surface area contributed by atoms with Gasteiger partial charge in [-0.2, -0.15) is 0 Å². The molecule has 0 atom stereocenters. The van der Waals surface area contributed by atoms with E-state index in [1.165, 1.54) is 133 Å². The topological polar surface area (TPSA) is 429 Å². The van der Waals surface area contributed by atoms with Gasteiger partial charge in [-0.05, 0) is 81.4 Å². The number of carbonyl (C=O) groups excluding carboxylic acids is 3. The molecule has 10 aromatic heterocycles. The highest BCUT2D eigenvalue weighted by molar-refractivity contribution is 5.89. The Morgan fingerprint density at radius 2 is 0.914 bits per heavy atom. The van der Waals surface area contributed by atoms with E-state index < -0.39 is 51.9 Å². The highest BCUT2D eigenvalue weighted by Crippen LogP contribution is 2.11. The molecule has 6 N–H and O–H groups in total. The maximum atomic E-state index is 12.2. The summed E-state index contributed by atoms with van der Waals surface area (Å²) in [6.45, 7) is 5.22. The molecule has 0 unspecified atom stereocenters. The molecule has 0 aromatic carbocycles. The van der Waals surface area contributed by atoms with E-state index in [1.54, 1.807) is 69.4 Å². The van der Waals surface area contributed by atoms with Crippen LogP contribution in [-0.4, -0.2) is 93.0 Å². The summed E-state index contributed by atoms with van der Waals surface area (Å²) in [6.07, 6.45) is 13.4. The molecule has 10 aromatic rings. The first-order chi connectivity index (χ1) is 38.7. The summed E-state index contributed by atoms with van der Waals surface area (Å²) in [5.74, 6) is -0.867. The molecule has 31 heteroatoms. The van der Waals surface area contributed by atoms with E-state index >= 15 is 0 Å². The van der Waals surface area contributed by atoms with E-state index in [9.17, 15) is 43.2 Å². The number of carboxylic acids is 1. The lowest BCUT2D eigenvalue weighted by Crippen LogP contribution is -2.30. The first kappa shape index (κ1) is 60.0. The van der Waals surface area contributed by atoms with Crippen LogP contribution in [0, 0.1) is 0 Å². The number of ether oxygens (including phenoxy) is 3. The molecule has 10 rings (SSSR count). The van der Waals surface area contributed by atoms with Crippen LogP contribution in [0.25, 0.3) is 23.3 Å². The summed E-state index contributed by atoms with van der Waals surface area (Å²) in [6, 6.07) is 22.4. The number of nitrogen functional groups attached to an aromatic ring is 2. The van der Waals surface area contributed by atoms with Gasteiger partial charge in [-0.3, -0.25) is 42.8 Å². The highest BCUT2D eigenvalue weighted by Gasteiger charge is 2.19. The normalized spacial score (nSPS) is 10.1. The van der Waals surface area contributed by atoms with Crippen molar-refractivity contribution in [3.63, 3.8) is 0 Å². The SMILES string of the molecule is CC(C)(C)OC(=O)Nc1cccn(-c2ccon2)c1=O.COC(=O)c1cccn(-c2ccon2)c1=O.COC(=O)c1cccoc1=O.Nc1cccn(-c2ccon2)c1=O.Nc1ccon1.O=C(O)c1cccn(-c2ccon2)c1=O. The van der Waals surface area contributed by atoms with Gasteiger partial charge in [-0.25, -0.2) is 24.0 Å². The number of anilines is 3. The Hall–Kier alpha value is -11.9. The molecule has 1 amide bonds. The number of carboxylic acid groups (broad SMARTS) is 1. The number of rotatable bonds is 8. The number of amides is 1. The average molecular weight is 1120 g/mol. The number of pyridine rings is 4. The van der Waals surface area contributed by atoms with Crippen molar-refractivity contribution in [1.82, 2.24) is 44.1 Å². The van der Waals surface area contributed by atoms with E-state index in [2.05, 4.69) is 67.6 Å². The van der Waals surface area contributed by atoms with Gasteiger partial charge in [0.05, 0.1) is 26.2 Å². The van der Waals surface area contributed by atoms with Crippen molar-refractivity contribution in [1.29, 1.82) is 0 Å². The number of nitrogens with zero attached hydrogens (tertiary/aromatic N) is 9. The minimum Gasteiger partial charge on any atom is -0.477 e. The summed E-state index contributed by atoms with van der Waals surface area (Å²) in [5.41, 5.74) is 7.18. The Labute approximate surface area is 452 Å². The Morgan fingerprint density at radius 1 is 0.506 bits per heavy atom. The Bertz CT molecular complexity index is 3910. The zero-order valence-corrected chi connectivity index (χ0v) is 42.9. The van der Waals surface area contributed by atoms with Crippen molar-refractivity contribution < 1.29 is 65.5 Å². The second kappa shape index (κ2) is 28.8. The molecule has 10 heterocycles. The van der Waals surface area contributed by atoms with E-state index in [4.69, 9.17) is 21.3 Å². The fraction of sp³-hybridized carbons (Fsp3) is 0.120. The fourth-order valence-corrected chi connectivity index (χ4v) is 5.82. The fourth-order valence-electron chi connectivity index (χ4n) is 5.82. The van der Waals surface area contributed by atoms with Crippen LogP contribution in [-0.2, 0) is 14.2 Å².